The maximum absolute atomic E-state index is 11.9. The van der Waals surface area contributed by atoms with Gasteiger partial charge in [-0.25, -0.2) is 0 Å². The molecule has 5 rings (SSSR count). The minimum absolute atomic E-state index is 0.202. The van der Waals surface area contributed by atoms with E-state index in [-0.39, 0.29) is 36.4 Å². The van der Waals surface area contributed by atoms with E-state index < -0.39 is 12.3 Å². The lowest BCUT2D eigenvalue weighted by molar-refractivity contribution is -0.223. The van der Waals surface area contributed by atoms with Crippen LogP contribution in [0.4, 0.5) is 0 Å². The Kier molecular flexibility index (Phi) is 5.57. The third kappa shape index (κ3) is 3.94. The van der Waals surface area contributed by atoms with E-state index in [0.717, 1.165) is 45.1 Å². The second-order valence-electron chi connectivity index (χ2n) is 8.09. The predicted molar refractivity (Wildman–Crippen MR) is 99.6 cm³/mol. The second kappa shape index (κ2) is 8.31. The van der Waals surface area contributed by atoms with E-state index >= 15 is 0 Å². The van der Waals surface area contributed by atoms with Crippen molar-refractivity contribution in [2.75, 3.05) is 19.8 Å². The van der Waals surface area contributed by atoms with E-state index in [0.29, 0.717) is 18.8 Å². The molecule has 0 radical (unpaired) electrons. The molecular weight excluding hydrogens is 380 g/mol. The van der Waals surface area contributed by atoms with Gasteiger partial charge in [0.2, 0.25) is 0 Å². The van der Waals surface area contributed by atoms with Crippen LogP contribution in [0.5, 0.6) is 6.01 Å². The highest BCUT2D eigenvalue weighted by atomic mass is 16.7. The molecule has 3 fully saturated rings. The second-order valence-corrected chi connectivity index (χ2v) is 8.09. The maximum Gasteiger partial charge on any atom is 0.302 e. The van der Waals surface area contributed by atoms with Crippen molar-refractivity contribution >= 4 is 0 Å². The molecule has 29 heavy (non-hydrogen) atoms. The van der Waals surface area contributed by atoms with Crippen molar-refractivity contribution < 1.29 is 28.4 Å². The standard InChI is InChI=1S/C20H28N2O7/c1-12-10-22-19-17(29-20(22)21-18(12)23)16(28-15-7-3-5-9-25-15)13(27-19)11-26-14-6-2-4-8-24-14/h10,13-17,19H,2-9,11H2,1H3/t13-,14?,15?,16+,17?,19-/m1/s1. The number of ether oxygens (including phenoxy) is 6. The molecule has 0 saturated carbocycles. The van der Waals surface area contributed by atoms with Crippen LogP contribution in [-0.2, 0) is 23.7 Å². The third-order valence-corrected chi connectivity index (χ3v) is 5.92. The summed E-state index contributed by atoms with van der Waals surface area (Å²) in [5, 5.41) is 0. The Bertz CT molecular complexity index is 773. The van der Waals surface area contributed by atoms with Crippen molar-refractivity contribution in [2.45, 2.75) is 82.6 Å². The fourth-order valence-electron chi connectivity index (χ4n) is 4.34. The lowest BCUT2D eigenvalue weighted by atomic mass is 10.1. The van der Waals surface area contributed by atoms with E-state index in [1.807, 2.05) is 0 Å². The minimum Gasteiger partial charge on any atom is -0.453 e. The summed E-state index contributed by atoms with van der Waals surface area (Å²) in [6, 6.07) is 0.267. The van der Waals surface area contributed by atoms with Crippen LogP contribution in [-0.4, -0.2) is 60.3 Å². The maximum atomic E-state index is 11.9. The van der Waals surface area contributed by atoms with Gasteiger partial charge in [-0.1, -0.05) is 0 Å². The zero-order valence-electron chi connectivity index (χ0n) is 16.7. The van der Waals surface area contributed by atoms with Crippen molar-refractivity contribution in [3.05, 3.63) is 22.1 Å². The van der Waals surface area contributed by atoms with Crippen LogP contribution < -0.4 is 10.3 Å². The van der Waals surface area contributed by atoms with Gasteiger partial charge in [-0.05, 0) is 45.4 Å². The van der Waals surface area contributed by atoms with E-state index in [4.69, 9.17) is 28.4 Å². The van der Waals surface area contributed by atoms with E-state index in [2.05, 4.69) is 4.98 Å². The lowest BCUT2D eigenvalue weighted by Crippen LogP contribution is -2.43. The molecule has 3 saturated heterocycles. The molecule has 0 spiro atoms. The summed E-state index contributed by atoms with van der Waals surface area (Å²) >= 11 is 0. The molecule has 0 aliphatic carbocycles. The van der Waals surface area contributed by atoms with Crippen molar-refractivity contribution in [1.82, 2.24) is 9.55 Å². The number of aromatic nitrogens is 2. The van der Waals surface area contributed by atoms with Crippen LogP contribution >= 0.6 is 0 Å². The number of hydrogen-bond acceptors (Lipinski definition) is 8. The summed E-state index contributed by atoms with van der Waals surface area (Å²) in [7, 11) is 0. The van der Waals surface area contributed by atoms with Gasteiger partial charge >= 0.3 is 6.01 Å². The molecule has 1 aromatic heterocycles. The Hall–Kier alpha value is -1.52. The number of hydrogen-bond donors (Lipinski definition) is 0. The van der Waals surface area contributed by atoms with Gasteiger partial charge in [0.1, 0.15) is 12.2 Å². The summed E-state index contributed by atoms with van der Waals surface area (Å²) in [5.41, 5.74) is 0.253. The van der Waals surface area contributed by atoms with Crippen LogP contribution in [0.25, 0.3) is 0 Å². The average Bonchev–Trinajstić information content (AvgIpc) is 3.25. The summed E-state index contributed by atoms with van der Waals surface area (Å²) in [6.07, 6.45) is 5.74. The van der Waals surface area contributed by atoms with Crippen molar-refractivity contribution in [3.8, 4) is 6.01 Å². The zero-order valence-corrected chi connectivity index (χ0v) is 16.7. The van der Waals surface area contributed by atoms with Crippen molar-refractivity contribution in [1.29, 1.82) is 0 Å². The monoisotopic (exact) mass is 408 g/mol. The summed E-state index contributed by atoms with van der Waals surface area (Å²) < 4.78 is 37.8. The van der Waals surface area contributed by atoms with Crippen molar-refractivity contribution in [2.24, 2.45) is 0 Å². The Morgan fingerprint density at radius 1 is 1.14 bits per heavy atom. The van der Waals surface area contributed by atoms with Crippen LogP contribution in [0.2, 0.25) is 0 Å². The van der Waals surface area contributed by atoms with Crippen LogP contribution in [0, 0.1) is 6.92 Å². The lowest BCUT2D eigenvalue weighted by Gasteiger charge is -2.30. The zero-order chi connectivity index (χ0) is 19.8. The van der Waals surface area contributed by atoms with Gasteiger partial charge in [-0.2, -0.15) is 4.98 Å². The normalized spacial score (nSPS) is 36.4. The Labute approximate surface area is 169 Å². The van der Waals surface area contributed by atoms with Gasteiger partial charge in [0.25, 0.3) is 5.56 Å². The van der Waals surface area contributed by atoms with Gasteiger partial charge in [0, 0.05) is 25.0 Å². The number of rotatable bonds is 5. The molecule has 4 aliphatic heterocycles. The smallest absolute Gasteiger partial charge is 0.302 e. The molecule has 0 amide bonds. The highest BCUT2D eigenvalue weighted by Gasteiger charge is 2.53. The van der Waals surface area contributed by atoms with Crippen molar-refractivity contribution in [3.63, 3.8) is 0 Å². The topological polar surface area (TPSA) is 90.3 Å². The molecular formula is C20H28N2O7. The molecule has 0 aromatic carbocycles. The molecule has 6 atom stereocenters. The summed E-state index contributed by atoms with van der Waals surface area (Å²) in [6.45, 7) is 3.50. The molecule has 9 heteroatoms. The van der Waals surface area contributed by atoms with Crippen LogP contribution in [0.1, 0.15) is 50.3 Å². The minimum atomic E-state index is -0.411. The number of nitrogens with zero attached hydrogens (tertiary/aromatic N) is 2. The van der Waals surface area contributed by atoms with E-state index in [9.17, 15) is 4.79 Å². The first kappa shape index (κ1) is 19.4. The Morgan fingerprint density at radius 3 is 2.62 bits per heavy atom. The van der Waals surface area contributed by atoms with Gasteiger partial charge < -0.3 is 28.4 Å². The first-order chi connectivity index (χ1) is 14.2. The fraction of sp³-hybridized carbons (Fsp3) is 0.800. The summed E-state index contributed by atoms with van der Waals surface area (Å²) in [4.78, 5) is 15.9. The van der Waals surface area contributed by atoms with E-state index in [1.54, 1.807) is 17.7 Å². The molecule has 4 aliphatic rings. The molecule has 0 N–H and O–H groups in total. The van der Waals surface area contributed by atoms with E-state index in [1.165, 1.54) is 0 Å². The quantitative estimate of drug-likeness (QED) is 0.727. The average molecular weight is 408 g/mol. The molecule has 0 bridgehead atoms. The first-order valence-corrected chi connectivity index (χ1v) is 10.6. The predicted octanol–water partition coefficient (Wildman–Crippen LogP) is 1.67. The Morgan fingerprint density at radius 2 is 1.90 bits per heavy atom. The first-order valence-electron chi connectivity index (χ1n) is 10.6. The molecule has 5 heterocycles. The molecule has 1 aromatic rings. The van der Waals surface area contributed by atoms with Crippen LogP contribution in [0.3, 0.4) is 0 Å². The molecule has 9 nitrogen and oxygen atoms in total. The Balaban J connectivity index is 1.33. The SMILES string of the molecule is Cc1cn2c(nc1=O)OC1[C@@H](OC3CCCCO3)[C@@H](COC3CCCCO3)O[C@H]12. The van der Waals surface area contributed by atoms with Gasteiger partial charge in [-0.15, -0.1) is 0 Å². The number of aryl methyl sites for hydroxylation is 1. The van der Waals surface area contributed by atoms with Gasteiger partial charge in [0.15, 0.2) is 24.9 Å². The highest BCUT2D eigenvalue weighted by molar-refractivity contribution is 5.15. The third-order valence-electron chi connectivity index (χ3n) is 5.92. The number of fused-ring (bicyclic) bond motifs is 3. The van der Waals surface area contributed by atoms with Gasteiger partial charge in [-0.3, -0.25) is 9.36 Å². The largest absolute Gasteiger partial charge is 0.453 e. The highest BCUT2D eigenvalue weighted by Crippen LogP contribution is 2.41. The van der Waals surface area contributed by atoms with Gasteiger partial charge in [0.05, 0.1) is 6.61 Å². The van der Waals surface area contributed by atoms with Crippen LogP contribution in [0.15, 0.2) is 11.0 Å². The molecule has 160 valence electrons. The molecule has 3 unspecified atom stereocenters. The fourth-order valence-corrected chi connectivity index (χ4v) is 4.34. The summed E-state index contributed by atoms with van der Waals surface area (Å²) in [5.74, 6) is 0.